The van der Waals surface area contributed by atoms with Crippen LogP contribution in [0.3, 0.4) is 0 Å². The molecule has 0 saturated carbocycles. The molecule has 2 rings (SSSR count). The second kappa shape index (κ2) is 6.31. The van der Waals surface area contributed by atoms with E-state index in [1.807, 2.05) is 20.1 Å². The summed E-state index contributed by atoms with van der Waals surface area (Å²) in [5.41, 5.74) is 3.83. The maximum absolute atomic E-state index is 4.18. The summed E-state index contributed by atoms with van der Waals surface area (Å²) in [5, 5.41) is 3.28. The number of hydrogen-bond acceptors (Lipinski definition) is 2. The maximum atomic E-state index is 4.18. The molecule has 16 heavy (non-hydrogen) atoms. The molecule has 0 fully saturated rings. The Morgan fingerprint density at radius 3 is 2.81 bits per heavy atom. The zero-order chi connectivity index (χ0) is 12.0. The second-order valence-corrected chi connectivity index (χ2v) is 3.80. The van der Waals surface area contributed by atoms with Crippen molar-refractivity contribution in [1.82, 2.24) is 0 Å². The first kappa shape index (κ1) is 12.8. The summed E-state index contributed by atoms with van der Waals surface area (Å²) in [5.74, 6) is 0.640. The Morgan fingerprint density at radius 1 is 1.38 bits per heavy atom. The average Bonchev–Trinajstić information content (AvgIpc) is 2.39. The quantitative estimate of drug-likeness (QED) is 0.796. The van der Waals surface area contributed by atoms with Crippen molar-refractivity contribution < 1.29 is 0 Å². The van der Waals surface area contributed by atoms with Crippen molar-refractivity contribution in [2.45, 2.75) is 40.0 Å². The van der Waals surface area contributed by atoms with Crippen molar-refractivity contribution in [1.29, 1.82) is 0 Å². The van der Waals surface area contributed by atoms with Crippen molar-refractivity contribution in [2.75, 3.05) is 12.0 Å². The van der Waals surface area contributed by atoms with E-state index in [2.05, 4.69) is 42.4 Å². The van der Waals surface area contributed by atoms with Gasteiger partial charge in [-0.15, -0.1) is 0 Å². The van der Waals surface area contributed by atoms with Gasteiger partial charge in [0.05, 0.1) is 0 Å². The van der Waals surface area contributed by atoms with Gasteiger partial charge < -0.3 is 5.32 Å². The van der Waals surface area contributed by atoms with Gasteiger partial charge in [0.2, 0.25) is 0 Å². The van der Waals surface area contributed by atoms with E-state index in [1.54, 1.807) is 0 Å². The van der Waals surface area contributed by atoms with Gasteiger partial charge in [0.1, 0.15) is 6.67 Å². The summed E-state index contributed by atoms with van der Waals surface area (Å²) in [4.78, 5) is 4.18. The minimum absolute atomic E-state index is 0.640. The molecule has 2 nitrogen and oxygen atoms in total. The Kier molecular flexibility index (Phi) is 5.03. The number of rotatable bonds is 2. The lowest BCUT2D eigenvalue weighted by Crippen LogP contribution is -2.08. The number of anilines is 1. The first-order valence-electron chi connectivity index (χ1n) is 6.19. The molecule has 0 saturated heterocycles. The van der Waals surface area contributed by atoms with E-state index < -0.39 is 0 Å². The molecule has 0 aliphatic carbocycles. The molecular weight excluding hydrogens is 196 g/mol. The fourth-order valence-electron chi connectivity index (χ4n) is 1.66. The average molecular weight is 218 g/mol. The van der Waals surface area contributed by atoms with E-state index >= 15 is 0 Å². The SMILES string of the molecule is CC.CCC(C)c1ccc2c(c1)NCN=C2. The Bertz CT molecular complexity index is 356. The van der Waals surface area contributed by atoms with Crippen LogP contribution in [0.1, 0.15) is 51.2 Å². The van der Waals surface area contributed by atoms with Crippen LogP contribution in [0.25, 0.3) is 0 Å². The van der Waals surface area contributed by atoms with Crippen LogP contribution in [-0.4, -0.2) is 12.9 Å². The molecule has 2 heteroatoms. The number of hydrogen-bond donors (Lipinski definition) is 1. The zero-order valence-electron chi connectivity index (χ0n) is 10.7. The summed E-state index contributed by atoms with van der Waals surface area (Å²) in [6.45, 7) is 9.19. The predicted molar refractivity (Wildman–Crippen MR) is 72.6 cm³/mol. The summed E-state index contributed by atoms with van der Waals surface area (Å²) < 4.78 is 0. The smallest absolute Gasteiger partial charge is 0.107 e. The molecule has 0 aromatic heterocycles. The van der Waals surface area contributed by atoms with Crippen LogP contribution in [0, 0.1) is 0 Å². The molecule has 1 aromatic carbocycles. The van der Waals surface area contributed by atoms with Gasteiger partial charge in [-0.05, 0) is 24.0 Å². The van der Waals surface area contributed by atoms with Crippen LogP contribution in [-0.2, 0) is 0 Å². The van der Waals surface area contributed by atoms with E-state index in [1.165, 1.54) is 23.2 Å². The maximum Gasteiger partial charge on any atom is 0.107 e. The van der Waals surface area contributed by atoms with Crippen molar-refractivity contribution in [3.8, 4) is 0 Å². The summed E-state index contributed by atoms with van der Waals surface area (Å²) in [7, 11) is 0. The van der Waals surface area contributed by atoms with Crippen LogP contribution in [0.15, 0.2) is 23.2 Å². The van der Waals surface area contributed by atoms with Crippen molar-refractivity contribution in [3.05, 3.63) is 29.3 Å². The molecule has 1 atom stereocenters. The minimum Gasteiger partial charge on any atom is -0.366 e. The third kappa shape index (κ3) is 2.84. The third-order valence-electron chi connectivity index (χ3n) is 2.85. The van der Waals surface area contributed by atoms with E-state index in [4.69, 9.17) is 0 Å². The van der Waals surface area contributed by atoms with Gasteiger partial charge in [0.15, 0.2) is 0 Å². The highest BCUT2D eigenvalue weighted by molar-refractivity contribution is 5.89. The van der Waals surface area contributed by atoms with E-state index in [0.717, 1.165) is 0 Å². The van der Waals surface area contributed by atoms with Crippen LogP contribution < -0.4 is 5.32 Å². The van der Waals surface area contributed by atoms with Gasteiger partial charge in [-0.3, -0.25) is 4.99 Å². The normalized spacial score (nSPS) is 14.2. The number of benzene rings is 1. The third-order valence-corrected chi connectivity index (χ3v) is 2.85. The highest BCUT2D eigenvalue weighted by atomic mass is 15.0. The van der Waals surface area contributed by atoms with Gasteiger partial charge in [-0.25, -0.2) is 0 Å². The molecule has 1 aliphatic rings. The van der Waals surface area contributed by atoms with Crippen LogP contribution in [0.5, 0.6) is 0 Å². The van der Waals surface area contributed by atoms with Gasteiger partial charge in [-0.2, -0.15) is 0 Å². The first-order valence-corrected chi connectivity index (χ1v) is 6.19. The van der Waals surface area contributed by atoms with Crippen molar-refractivity contribution in [3.63, 3.8) is 0 Å². The van der Waals surface area contributed by atoms with Gasteiger partial charge in [0.25, 0.3) is 0 Å². The van der Waals surface area contributed by atoms with Crippen molar-refractivity contribution in [2.24, 2.45) is 4.99 Å². The van der Waals surface area contributed by atoms with E-state index in [0.29, 0.717) is 12.6 Å². The number of nitrogens with zero attached hydrogens (tertiary/aromatic N) is 1. The molecule has 0 radical (unpaired) electrons. The molecular formula is C14H22N2. The standard InChI is InChI=1S/C12H16N2.C2H6/c1-3-9(2)10-4-5-11-7-13-8-14-12(11)6-10;1-2/h4-7,9,14H,3,8H2,1-2H3;1-2H3. The Hall–Kier alpha value is -1.31. The number of fused-ring (bicyclic) bond motifs is 1. The Balaban J connectivity index is 0.000000606. The monoisotopic (exact) mass is 218 g/mol. The second-order valence-electron chi connectivity index (χ2n) is 3.80. The first-order chi connectivity index (χ1) is 7.81. The summed E-state index contributed by atoms with van der Waals surface area (Å²) >= 11 is 0. The van der Waals surface area contributed by atoms with Gasteiger partial charge in [-0.1, -0.05) is 39.8 Å². The largest absolute Gasteiger partial charge is 0.366 e. The summed E-state index contributed by atoms with van der Waals surface area (Å²) in [6, 6.07) is 6.59. The fraction of sp³-hybridized carbons (Fsp3) is 0.500. The highest BCUT2D eigenvalue weighted by Crippen LogP contribution is 2.25. The fourth-order valence-corrected chi connectivity index (χ4v) is 1.66. The molecule has 1 unspecified atom stereocenters. The van der Waals surface area contributed by atoms with Gasteiger partial charge in [0, 0.05) is 17.5 Å². The topological polar surface area (TPSA) is 24.4 Å². The molecule has 0 bridgehead atoms. The predicted octanol–water partition coefficient (Wildman–Crippen LogP) is 4.03. The summed E-state index contributed by atoms with van der Waals surface area (Å²) in [6.07, 6.45) is 3.12. The molecule has 1 aromatic rings. The lowest BCUT2D eigenvalue weighted by atomic mass is 9.96. The molecule has 1 aliphatic heterocycles. The molecule has 0 spiro atoms. The van der Waals surface area contributed by atoms with Crippen LogP contribution in [0.2, 0.25) is 0 Å². The molecule has 0 amide bonds. The molecule has 1 N–H and O–H groups in total. The number of nitrogens with one attached hydrogen (secondary N) is 1. The molecule has 88 valence electrons. The zero-order valence-corrected chi connectivity index (χ0v) is 10.7. The van der Waals surface area contributed by atoms with Gasteiger partial charge >= 0.3 is 0 Å². The lowest BCUT2D eigenvalue weighted by molar-refractivity contribution is 0.733. The minimum atomic E-state index is 0.640. The van der Waals surface area contributed by atoms with E-state index in [9.17, 15) is 0 Å². The Morgan fingerprint density at radius 2 is 2.12 bits per heavy atom. The van der Waals surface area contributed by atoms with Crippen molar-refractivity contribution >= 4 is 11.9 Å². The lowest BCUT2D eigenvalue weighted by Gasteiger charge is -2.16. The highest BCUT2D eigenvalue weighted by Gasteiger charge is 2.08. The van der Waals surface area contributed by atoms with Crippen LogP contribution >= 0.6 is 0 Å². The Labute approximate surface area is 98.8 Å². The van der Waals surface area contributed by atoms with Crippen LogP contribution in [0.4, 0.5) is 5.69 Å². The van der Waals surface area contributed by atoms with E-state index in [-0.39, 0.29) is 0 Å². The number of aliphatic imine (C=N–C) groups is 1. The molecule has 1 heterocycles.